The van der Waals surface area contributed by atoms with E-state index in [1.807, 2.05) is 0 Å². The Bertz CT molecular complexity index is 453. The zero-order valence-corrected chi connectivity index (χ0v) is 11.8. The molecule has 0 amide bonds. The van der Waals surface area contributed by atoms with E-state index in [9.17, 15) is 4.79 Å². The van der Waals surface area contributed by atoms with Gasteiger partial charge < -0.3 is 15.4 Å². The first-order valence-electron chi connectivity index (χ1n) is 6.68. The summed E-state index contributed by atoms with van der Waals surface area (Å²) in [5, 5.41) is 0. The lowest BCUT2D eigenvalue weighted by Crippen LogP contribution is -2.40. The van der Waals surface area contributed by atoms with E-state index in [1.165, 1.54) is 23.9 Å². The van der Waals surface area contributed by atoms with Crippen LogP contribution in [0.3, 0.4) is 0 Å². The molecule has 0 aliphatic carbocycles. The molecule has 0 radical (unpaired) electrons. The molecule has 2 N–H and O–H groups in total. The van der Waals surface area contributed by atoms with E-state index in [4.69, 9.17) is 10.5 Å². The molecule has 2 unspecified atom stereocenters. The van der Waals surface area contributed by atoms with Crippen LogP contribution in [-0.4, -0.2) is 32.2 Å². The molecule has 19 heavy (non-hydrogen) atoms. The van der Waals surface area contributed by atoms with Crippen molar-refractivity contribution >= 4 is 11.7 Å². The van der Waals surface area contributed by atoms with Crippen molar-refractivity contribution in [2.75, 3.05) is 25.1 Å². The predicted octanol–water partition coefficient (Wildman–Crippen LogP) is 1.63. The van der Waals surface area contributed by atoms with Crippen molar-refractivity contribution in [2.45, 2.75) is 26.3 Å². The maximum Gasteiger partial charge on any atom is 0.322 e. The van der Waals surface area contributed by atoms with Crippen molar-refractivity contribution in [1.29, 1.82) is 0 Å². The normalized spacial score (nSPS) is 20.4. The Morgan fingerprint density at radius 2 is 2.00 bits per heavy atom. The second-order valence-electron chi connectivity index (χ2n) is 5.39. The Morgan fingerprint density at radius 1 is 1.37 bits per heavy atom. The summed E-state index contributed by atoms with van der Waals surface area (Å²) in [6, 6.07) is 6.01. The molecule has 1 heterocycles. The standard InChI is InChI=1S/C15H22N2O2/c1-10-6-11(2)8-13(7-10)17-5-4-12(9-17)14(16)15(18)19-3/h6-8,12,14H,4-5,9,16H2,1-3H3. The average Bonchev–Trinajstić information content (AvgIpc) is 2.85. The Kier molecular flexibility index (Phi) is 4.10. The highest BCUT2D eigenvalue weighted by Gasteiger charge is 2.32. The zero-order valence-electron chi connectivity index (χ0n) is 11.8. The SMILES string of the molecule is COC(=O)C(N)C1CCN(c2cc(C)cc(C)c2)C1. The Labute approximate surface area is 114 Å². The van der Waals surface area contributed by atoms with Crippen LogP contribution in [0.25, 0.3) is 0 Å². The van der Waals surface area contributed by atoms with E-state index in [0.717, 1.165) is 19.5 Å². The summed E-state index contributed by atoms with van der Waals surface area (Å²) in [7, 11) is 1.39. The molecule has 4 nitrogen and oxygen atoms in total. The largest absolute Gasteiger partial charge is 0.468 e. The number of nitrogens with zero attached hydrogens (tertiary/aromatic N) is 1. The highest BCUT2D eigenvalue weighted by Crippen LogP contribution is 2.27. The fraction of sp³-hybridized carbons (Fsp3) is 0.533. The van der Waals surface area contributed by atoms with Crippen LogP contribution in [0.15, 0.2) is 18.2 Å². The molecule has 0 bridgehead atoms. The lowest BCUT2D eigenvalue weighted by molar-refractivity contribution is -0.143. The molecular formula is C15H22N2O2. The predicted molar refractivity (Wildman–Crippen MR) is 76.2 cm³/mol. The summed E-state index contributed by atoms with van der Waals surface area (Å²) < 4.78 is 4.72. The third-order valence-electron chi connectivity index (χ3n) is 3.78. The molecule has 104 valence electrons. The molecule has 0 saturated carbocycles. The van der Waals surface area contributed by atoms with Crippen LogP contribution in [0.2, 0.25) is 0 Å². The minimum atomic E-state index is -0.513. The molecule has 2 atom stereocenters. The van der Waals surface area contributed by atoms with Crippen molar-refractivity contribution in [3.05, 3.63) is 29.3 Å². The molecule has 4 heteroatoms. The third-order valence-corrected chi connectivity index (χ3v) is 3.78. The molecular weight excluding hydrogens is 240 g/mol. The van der Waals surface area contributed by atoms with E-state index in [-0.39, 0.29) is 11.9 Å². The van der Waals surface area contributed by atoms with Crippen LogP contribution in [0, 0.1) is 19.8 Å². The number of anilines is 1. The number of benzene rings is 1. The molecule has 1 aromatic rings. The number of ether oxygens (including phenoxy) is 1. The summed E-state index contributed by atoms with van der Waals surface area (Å²) in [6.45, 7) is 5.96. The molecule has 0 spiro atoms. The lowest BCUT2D eigenvalue weighted by Gasteiger charge is -2.21. The highest BCUT2D eigenvalue weighted by atomic mass is 16.5. The number of rotatable bonds is 3. The van der Waals surface area contributed by atoms with Crippen molar-refractivity contribution in [2.24, 2.45) is 11.7 Å². The van der Waals surface area contributed by atoms with E-state index in [2.05, 4.69) is 36.9 Å². The molecule has 1 aliphatic rings. The first-order chi connectivity index (χ1) is 9.01. The number of carbonyl (C=O) groups excluding carboxylic acids is 1. The summed E-state index contributed by atoms with van der Waals surface area (Å²) in [6.07, 6.45) is 0.934. The van der Waals surface area contributed by atoms with Crippen LogP contribution in [0.5, 0.6) is 0 Å². The van der Waals surface area contributed by atoms with Gasteiger partial charge in [-0.05, 0) is 43.5 Å². The second-order valence-corrected chi connectivity index (χ2v) is 5.39. The Morgan fingerprint density at radius 3 is 2.58 bits per heavy atom. The summed E-state index contributed by atoms with van der Waals surface area (Å²) in [5.74, 6) is -0.138. The zero-order chi connectivity index (χ0) is 14.0. The van der Waals surface area contributed by atoms with E-state index in [0.29, 0.717) is 0 Å². The van der Waals surface area contributed by atoms with E-state index < -0.39 is 6.04 Å². The highest BCUT2D eigenvalue weighted by molar-refractivity contribution is 5.76. The maximum atomic E-state index is 11.5. The van der Waals surface area contributed by atoms with E-state index >= 15 is 0 Å². The molecule has 0 aromatic heterocycles. The van der Waals surface area contributed by atoms with Gasteiger partial charge in [-0.25, -0.2) is 0 Å². The van der Waals surface area contributed by atoms with Crippen molar-refractivity contribution < 1.29 is 9.53 Å². The first-order valence-corrected chi connectivity index (χ1v) is 6.68. The van der Waals surface area contributed by atoms with Gasteiger partial charge in [0.1, 0.15) is 6.04 Å². The monoisotopic (exact) mass is 262 g/mol. The number of hydrogen-bond acceptors (Lipinski definition) is 4. The molecule has 1 fully saturated rings. The van der Waals surface area contributed by atoms with Gasteiger partial charge in [-0.15, -0.1) is 0 Å². The summed E-state index contributed by atoms with van der Waals surface area (Å²) >= 11 is 0. The quantitative estimate of drug-likeness (QED) is 0.841. The third kappa shape index (κ3) is 3.07. The first kappa shape index (κ1) is 13.9. The molecule has 2 rings (SSSR count). The van der Waals surface area contributed by atoms with Crippen LogP contribution < -0.4 is 10.6 Å². The number of aryl methyl sites for hydroxylation is 2. The van der Waals surface area contributed by atoms with E-state index in [1.54, 1.807) is 0 Å². The van der Waals surface area contributed by atoms with Crippen LogP contribution in [0.1, 0.15) is 17.5 Å². The number of esters is 1. The van der Waals surface area contributed by atoms with Crippen molar-refractivity contribution in [1.82, 2.24) is 0 Å². The Balaban J connectivity index is 2.07. The fourth-order valence-corrected chi connectivity index (χ4v) is 2.78. The van der Waals surface area contributed by atoms with Crippen LogP contribution in [-0.2, 0) is 9.53 Å². The van der Waals surface area contributed by atoms with Gasteiger partial charge in [-0.3, -0.25) is 4.79 Å². The topological polar surface area (TPSA) is 55.6 Å². The van der Waals surface area contributed by atoms with Gasteiger partial charge in [-0.2, -0.15) is 0 Å². The summed E-state index contributed by atoms with van der Waals surface area (Å²) in [5.41, 5.74) is 9.67. The number of methoxy groups -OCH3 is 1. The average molecular weight is 262 g/mol. The fourth-order valence-electron chi connectivity index (χ4n) is 2.78. The van der Waals surface area contributed by atoms with Crippen molar-refractivity contribution in [3.63, 3.8) is 0 Å². The van der Waals surface area contributed by atoms with Crippen LogP contribution >= 0.6 is 0 Å². The van der Waals surface area contributed by atoms with Gasteiger partial charge in [0, 0.05) is 24.7 Å². The van der Waals surface area contributed by atoms with Crippen molar-refractivity contribution in [3.8, 4) is 0 Å². The maximum absolute atomic E-state index is 11.5. The molecule has 1 aliphatic heterocycles. The molecule has 1 aromatic carbocycles. The molecule has 1 saturated heterocycles. The van der Waals surface area contributed by atoms with Gasteiger partial charge in [0.25, 0.3) is 0 Å². The smallest absolute Gasteiger partial charge is 0.322 e. The minimum Gasteiger partial charge on any atom is -0.468 e. The number of nitrogens with two attached hydrogens (primary N) is 1. The van der Waals surface area contributed by atoms with Gasteiger partial charge in [-0.1, -0.05) is 6.07 Å². The van der Waals surface area contributed by atoms with Gasteiger partial charge in [0.2, 0.25) is 0 Å². The van der Waals surface area contributed by atoms with Gasteiger partial charge >= 0.3 is 5.97 Å². The number of carbonyl (C=O) groups is 1. The van der Waals surface area contributed by atoms with Gasteiger partial charge in [0.15, 0.2) is 0 Å². The lowest BCUT2D eigenvalue weighted by atomic mass is 10.00. The van der Waals surface area contributed by atoms with Crippen LogP contribution in [0.4, 0.5) is 5.69 Å². The Hall–Kier alpha value is -1.55. The minimum absolute atomic E-state index is 0.174. The second kappa shape index (κ2) is 5.61. The number of hydrogen-bond donors (Lipinski definition) is 1. The summed E-state index contributed by atoms with van der Waals surface area (Å²) in [4.78, 5) is 13.8. The van der Waals surface area contributed by atoms with Gasteiger partial charge in [0.05, 0.1) is 7.11 Å².